The third kappa shape index (κ3) is 5.27. The zero-order valence-corrected chi connectivity index (χ0v) is 21.0. The van der Waals surface area contributed by atoms with Crippen molar-refractivity contribution in [1.29, 1.82) is 0 Å². The molecule has 0 saturated carbocycles. The number of fused-ring (bicyclic) bond motifs is 1. The zero-order valence-electron chi connectivity index (χ0n) is 20.2. The van der Waals surface area contributed by atoms with E-state index < -0.39 is 0 Å². The van der Waals surface area contributed by atoms with Crippen molar-refractivity contribution < 1.29 is 5.11 Å². The maximum Gasteiger partial charge on any atom is 0.199 e. The molecule has 4 aromatic rings. The Labute approximate surface area is 211 Å². The summed E-state index contributed by atoms with van der Waals surface area (Å²) in [6, 6.07) is 24.7. The fourth-order valence-electron chi connectivity index (χ4n) is 4.91. The Morgan fingerprint density at radius 2 is 1.74 bits per heavy atom. The molecule has 1 aromatic heterocycles. The summed E-state index contributed by atoms with van der Waals surface area (Å²) >= 11 is 6.17. The Balaban J connectivity index is 1.43. The molecule has 0 unspecified atom stereocenters. The zero-order chi connectivity index (χ0) is 24.4. The second kappa shape index (κ2) is 10.2. The number of likely N-dealkylation sites (tertiary alicyclic amines) is 1. The maximum atomic E-state index is 10.8. The van der Waals surface area contributed by atoms with Crippen LogP contribution in [0.5, 0.6) is 5.88 Å². The van der Waals surface area contributed by atoms with Gasteiger partial charge in [0.1, 0.15) is 0 Å². The number of H-pyrrole nitrogens is 1. The van der Waals surface area contributed by atoms with Crippen molar-refractivity contribution in [1.82, 2.24) is 14.8 Å². The summed E-state index contributed by atoms with van der Waals surface area (Å²) in [7, 11) is 4.35. The average Bonchev–Trinajstić information content (AvgIpc) is 3.19. The molecule has 2 N–H and O–H groups in total. The van der Waals surface area contributed by atoms with E-state index in [-0.39, 0.29) is 5.88 Å². The van der Waals surface area contributed by atoms with E-state index in [0.717, 1.165) is 47.5 Å². The third-order valence-electron chi connectivity index (χ3n) is 6.90. The molecular weight excluding hydrogens is 456 g/mol. The van der Waals surface area contributed by atoms with Gasteiger partial charge in [0.15, 0.2) is 5.88 Å². The van der Waals surface area contributed by atoms with E-state index in [1.165, 1.54) is 18.4 Å². The molecule has 0 spiro atoms. The van der Waals surface area contributed by atoms with Crippen LogP contribution in [0.3, 0.4) is 0 Å². The number of aromatic hydroxyl groups is 1. The van der Waals surface area contributed by atoms with Crippen LogP contribution in [0.1, 0.15) is 29.5 Å². The largest absolute Gasteiger partial charge is 0.494 e. The lowest BCUT2D eigenvalue weighted by atomic mass is 10.0. The van der Waals surface area contributed by atoms with Crippen molar-refractivity contribution in [3.05, 3.63) is 94.5 Å². The molecule has 0 atom stereocenters. The smallest absolute Gasteiger partial charge is 0.199 e. The molecule has 0 bridgehead atoms. The first-order valence-electron chi connectivity index (χ1n) is 12.1. The maximum absolute atomic E-state index is 10.8. The van der Waals surface area contributed by atoms with Gasteiger partial charge in [-0.05, 0) is 69.9 Å². The lowest BCUT2D eigenvalue weighted by Crippen LogP contribution is -2.41. The molecule has 180 valence electrons. The van der Waals surface area contributed by atoms with E-state index in [2.05, 4.69) is 53.1 Å². The molecule has 5 rings (SSSR count). The number of nitrogens with one attached hydrogen (secondary N) is 1. The Hall–Kier alpha value is -3.12. The van der Waals surface area contributed by atoms with Gasteiger partial charge >= 0.3 is 0 Å². The molecule has 6 heteroatoms. The number of hydrogen-bond donors (Lipinski definition) is 2. The molecule has 0 radical (unpaired) electrons. The molecule has 0 amide bonds. The fraction of sp³-hybridized carbons (Fsp3) is 0.276. The monoisotopic (exact) mass is 486 g/mol. The Morgan fingerprint density at radius 1 is 1.03 bits per heavy atom. The Kier molecular flexibility index (Phi) is 6.91. The second-order valence-electron chi connectivity index (χ2n) is 9.50. The van der Waals surface area contributed by atoms with Crippen LogP contribution in [-0.4, -0.2) is 58.8 Å². The number of aromatic nitrogens is 1. The molecule has 1 aliphatic rings. The molecule has 1 fully saturated rings. The summed E-state index contributed by atoms with van der Waals surface area (Å²) in [6.45, 7) is 3.22. The molecule has 3 aromatic carbocycles. The number of aliphatic imine (C=N–C) groups is 1. The standard InChI is InChI=1S/C29H31ClN4O/c1-33(2)24-14-16-34(17-15-24)19-20-8-11-23(12-9-20)31-28(21-6-4-3-5-7-21)27-25-13-10-22(30)18-26(25)32-29(27)35/h3-13,18,24,32,35H,14-17,19H2,1-2H3. The van der Waals surface area contributed by atoms with Crippen molar-refractivity contribution >= 4 is 33.9 Å². The van der Waals surface area contributed by atoms with Crippen LogP contribution in [-0.2, 0) is 6.54 Å². The van der Waals surface area contributed by atoms with Crippen molar-refractivity contribution in [2.24, 2.45) is 4.99 Å². The van der Waals surface area contributed by atoms with Crippen molar-refractivity contribution in [2.75, 3.05) is 27.2 Å². The van der Waals surface area contributed by atoms with Gasteiger partial charge in [0.25, 0.3) is 0 Å². The fourth-order valence-corrected chi connectivity index (χ4v) is 5.09. The van der Waals surface area contributed by atoms with Crippen LogP contribution in [0.2, 0.25) is 5.02 Å². The van der Waals surface area contributed by atoms with Gasteiger partial charge in [0.05, 0.1) is 22.5 Å². The molecule has 1 saturated heterocycles. The van der Waals surface area contributed by atoms with E-state index in [1.807, 2.05) is 48.5 Å². The number of aromatic amines is 1. The van der Waals surface area contributed by atoms with Gasteiger partial charge in [-0.3, -0.25) is 4.90 Å². The summed E-state index contributed by atoms with van der Waals surface area (Å²) in [5, 5.41) is 12.3. The van der Waals surface area contributed by atoms with Gasteiger partial charge in [-0.2, -0.15) is 0 Å². The number of nitrogens with zero attached hydrogens (tertiary/aromatic N) is 3. The molecule has 5 nitrogen and oxygen atoms in total. The summed E-state index contributed by atoms with van der Waals surface area (Å²) in [5.41, 5.74) is 5.25. The number of hydrogen-bond acceptors (Lipinski definition) is 4. The van der Waals surface area contributed by atoms with Crippen LogP contribution < -0.4 is 0 Å². The highest BCUT2D eigenvalue weighted by Gasteiger charge is 2.21. The second-order valence-corrected chi connectivity index (χ2v) is 9.94. The molecule has 2 heterocycles. The van der Waals surface area contributed by atoms with Crippen LogP contribution in [0, 0.1) is 0 Å². The van der Waals surface area contributed by atoms with Crippen molar-refractivity contribution in [2.45, 2.75) is 25.4 Å². The van der Waals surface area contributed by atoms with E-state index in [0.29, 0.717) is 16.6 Å². The summed E-state index contributed by atoms with van der Waals surface area (Å²) in [4.78, 5) is 12.9. The van der Waals surface area contributed by atoms with E-state index >= 15 is 0 Å². The molecular formula is C29H31ClN4O. The van der Waals surface area contributed by atoms with Gasteiger partial charge in [0.2, 0.25) is 0 Å². The highest BCUT2D eigenvalue weighted by Crippen LogP contribution is 2.33. The first-order chi connectivity index (χ1) is 17.0. The molecule has 1 aliphatic heterocycles. The number of benzene rings is 3. The van der Waals surface area contributed by atoms with Gasteiger partial charge in [-0.15, -0.1) is 0 Å². The van der Waals surface area contributed by atoms with Gasteiger partial charge in [-0.1, -0.05) is 60.1 Å². The molecule has 35 heavy (non-hydrogen) atoms. The minimum absolute atomic E-state index is 0.0858. The molecule has 0 aliphatic carbocycles. The number of rotatable bonds is 6. The highest BCUT2D eigenvalue weighted by atomic mass is 35.5. The summed E-state index contributed by atoms with van der Waals surface area (Å²) in [5.74, 6) is 0.0858. The van der Waals surface area contributed by atoms with Crippen LogP contribution in [0.15, 0.2) is 77.8 Å². The minimum Gasteiger partial charge on any atom is -0.494 e. The van der Waals surface area contributed by atoms with Crippen molar-refractivity contribution in [3.63, 3.8) is 0 Å². The van der Waals surface area contributed by atoms with Gasteiger partial charge in [0, 0.05) is 28.6 Å². The highest BCUT2D eigenvalue weighted by molar-refractivity contribution is 6.31. The van der Waals surface area contributed by atoms with E-state index in [4.69, 9.17) is 16.6 Å². The minimum atomic E-state index is 0.0858. The normalized spacial score (nSPS) is 15.8. The predicted molar refractivity (Wildman–Crippen MR) is 145 cm³/mol. The number of piperidine rings is 1. The topological polar surface area (TPSA) is 54.9 Å². The van der Waals surface area contributed by atoms with E-state index in [9.17, 15) is 5.11 Å². The SMILES string of the molecule is CN(C)C1CCN(Cc2ccc(N=C(c3ccccc3)c3c(O)[nH]c4cc(Cl)ccc34)cc2)CC1. The summed E-state index contributed by atoms with van der Waals surface area (Å²) in [6.07, 6.45) is 2.43. The lowest BCUT2D eigenvalue weighted by Gasteiger charge is -2.35. The van der Waals surface area contributed by atoms with Gasteiger partial charge < -0.3 is 15.0 Å². The number of halogens is 1. The quantitative estimate of drug-likeness (QED) is 0.318. The Bertz CT molecular complexity index is 1320. The average molecular weight is 487 g/mol. The summed E-state index contributed by atoms with van der Waals surface area (Å²) < 4.78 is 0. The Morgan fingerprint density at radius 3 is 2.43 bits per heavy atom. The predicted octanol–water partition coefficient (Wildman–Crippen LogP) is 6.22. The van der Waals surface area contributed by atoms with E-state index in [1.54, 1.807) is 0 Å². The first kappa shape index (κ1) is 23.6. The van der Waals surface area contributed by atoms with Gasteiger partial charge in [-0.25, -0.2) is 4.99 Å². The van der Waals surface area contributed by atoms with Crippen molar-refractivity contribution in [3.8, 4) is 5.88 Å². The van der Waals surface area contributed by atoms with Crippen LogP contribution in [0.25, 0.3) is 10.9 Å². The lowest BCUT2D eigenvalue weighted by molar-refractivity contribution is 0.140. The van der Waals surface area contributed by atoms with Crippen LogP contribution in [0.4, 0.5) is 5.69 Å². The third-order valence-corrected chi connectivity index (χ3v) is 7.13. The first-order valence-corrected chi connectivity index (χ1v) is 12.5. The van der Waals surface area contributed by atoms with Crippen LogP contribution >= 0.6 is 11.6 Å².